The van der Waals surface area contributed by atoms with Crippen molar-refractivity contribution in [1.29, 1.82) is 0 Å². The molecule has 7 rings (SSSR count). The zero-order valence-corrected chi connectivity index (χ0v) is 32.3. The summed E-state index contributed by atoms with van der Waals surface area (Å²) in [5.41, 5.74) is 3.32. The molecule has 286 valence electrons. The first-order valence-corrected chi connectivity index (χ1v) is 19.0. The van der Waals surface area contributed by atoms with Crippen LogP contribution in [-0.2, 0) is 5.41 Å². The summed E-state index contributed by atoms with van der Waals surface area (Å²) in [6.07, 6.45) is 6.60. The van der Waals surface area contributed by atoms with Crippen LogP contribution in [0.5, 0.6) is 11.5 Å². The van der Waals surface area contributed by atoms with Crippen LogP contribution >= 0.6 is 0 Å². The number of pyridine rings is 1. The number of nitrogens with one attached hydrogen (secondary N) is 2. The number of amides is 2. The fraction of sp³-hybridized carbons (Fsp3) is 0.463. The van der Waals surface area contributed by atoms with Gasteiger partial charge in [-0.15, -0.1) is 10.2 Å². The number of rotatable bonds is 10. The first-order chi connectivity index (χ1) is 25.9. The number of hydrogen-bond donors (Lipinski definition) is 2. The van der Waals surface area contributed by atoms with Gasteiger partial charge in [-0.05, 0) is 95.4 Å². The molecule has 2 aliphatic rings. The molecule has 1 aliphatic carbocycles. The maximum Gasteiger partial charge on any atom is 0.320 e. The van der Waals surface area contributed by atoms with E-state index in [1.54, 1.807) is 18.2 Å². The molecule has 0 radical (unpaired) electrons. The van der Waals surface area contributed by atoms with Crippen molar-refractivity contribution in [3.05, 3.63) is 89.5 Å². The smallest absolute Gasteiger partial charge is 0.320 e. The number of urea groups is 1. The lowest BCUT2D eigenvalue weighted by atomic mass is 9.85. The molecule has 4 heterocycles. The molecular weight excluding hydrogens is 686 g/mol. The molecule has 1 fully saturated rings. The van der Waals surface area contributed by atoms with E-state index in [9.17, 15) is 4.79 Å². The summed E-state index contributed by atoms with van der Waals surface area (Å²) >= 11 is 0. The Balaban J connectivity index is 1.09. The van der Waals surface area contributed by atoms with Gasteiger partial charge in [0.05, 0.1) is 17.9 Å². The normalized spacial score (nSPS) is 20.2. The van der Waals surface area contributed by atoms with Gasteiger partial charge in [0, 0.05) is 36.2 Å². The van der Waals surface area contributed by atoms with E-state index in [-0.39, 0.29) is 23.2 Å². The number of fused-ring (bicyclic) bond motifs is 2. The lowest BCUT2D eigenvalue weighted by Gasteiger charge is -2.39. The highest BCUT2D eigenvalue weighted by atomic mass is 19.1. The van der Waals surface area contributed by atoms with Gasteiger partial charge in [0.1, 0.15) is 41.5 Å². The first kappa shape index (κ1) is 37.2. The van der Waals surface area contributed by atoms with Crippen LogP contribution in [0.1, 0.15) is 95.7 Å². The molecule has 0 saturated carbocycles. The van der Waals surface area contributed by atoms with E-state index in [0.29, 0.717) is 55.3 Å². The monoisotopic (exact) mass is 737 g/mol. The summed E-state index contributed by atoms with van der Waals surface area (Å²) in [4.78, 5) is 18.1. The van der Waals surface area contributed by atoms with Crippen LogP contribution in [0, 0.1) is 5.82 Å². The first-order valence-electron chi connectivity index (χ1n) is 19.0. The van der Waals surface area contributed by atoms with Gasteiger partial charge >= 0.3 is 6.03 Å². The number of carbonyl (C=O) groups is 1. The molecule has 1 aliphatic heterocycles. The fourth-order valence-corrected chi connectivity index (χ4v) is 7.53. The standard InChI is InChI=1S/C41H52FN9O3/c1-26-11-10-12-27(2)50(26)40-46-45-37-20-16-29(25-49(37)40)54-35-19-18-33(30-13-8-9-14-31(30)35)43-39(52)44-38-24-36(41(3,4)5)47-51(38)34-23-28(15-17-32(34)42)53-22-21-48(6)7/h8-9,13-17,20,23-27,33,35H,10-12,18-19,21-22H2,1-7H3,(H2,43,44,52)/t26-,27+,33-,35?/m0/s1. The minimum atomic E-state index is -0.482. The molecule has 13 heteroatoms. The van der Waals surface area contributed by atoms with Gasteiger partial charge in [-0.1, -0.05) is 45.0 Å². The molecule has 3 aromatic heterocycles. The van der Waals surface area contributed by atoms with Crippen molar-refractivity contribution < 1.29 is 18.7 Å². The molecule has 5 aromatic rings. The van der Waals surface area contributed by atoms with E-state index in [1.165, 1.54) is 17.2 Å². The van der Waals surface area contributed by atoms with Gasteiger partial charge in [0.25, 0.3) is 0 Å². The average molecular weight is 738 g/mol. The molecule has 0 spiro atoms. The van der Waals surface area contributed by atoms with Crippen molar-refractivity contribution in [2.45, 2.75) is 96.4 Å². The summed E-state index contributed by atoms with van der Waals surface area (Å²) in [6, 6.07) is 18.4. The number of anilines is 2. The van der Waals surface area contributed by atoms with Crippen molar-refractivity contribution in [3.8, 4) is 17.2 Å². The van der Waals surface area contributed by atoms with Crippen LogP contribution in [0.2, 0.25) is 0 Å². The van der Waals surface area contributed by atoms with E-state index in [2.05, 4.69) is 45.6 Å². The number of piperidine rings is 1. The summed E-state index contributed by atoms with van der Waals surface area (Å²) in [7, 11) is 3.93. The van der Waals surface area contributed by atoms with E-state index in [4.69, 9.17) is 14.6 Å². The average Bonchev–Trinajstić information content (AvgIpc) is 3.74. The quantitative estimate of drug-likeness (QED) is 0.149. The Labute approximate surface area is 316 Å². The summed E-state index contributed by atoms with van der Waals surface area (Å²) in [5, 5.41) is 19.9. The zero-order valence-electron chi connectivity index (χ0n) is 32.3. The van der Waals surface area contributed by atoms with E-state index in [0.717, 1.165) is 41.3 Å². The van der Waals surface area contributed by atoms with Gasteiger partial charge in [0.2, 0.25) is 5.95 Å². The number of likely N-dealkylation sites (N-methyl/N-ethyl adjacent to an activating group) is 1. The summed E-state index contributed by atoms with van der Waals surface area (Å²) in [5.74, 6) is 1.95. The van der Waals surface area contributed by atoms with E-state index >= 15 is 4.39 Å². The maximum absolute atomic E-state index is 15.4. The predicted molar refractivity (Wildman–Crippen MR) is 208 cm³/mol. The largest absolute Gasteiger partial charge is 0.492 e. The Morgan fingerprint density at radius 3 is 2.43 bits per heavy atom. The van der Waals surface area contributed by atoms with Crippen molar-refractivity contribution in [2.24, 2.45) is 0 Å². The molecule has 12 nitrogen and oxygen atoms in total. The van der Waals surface area contributed by atoms with E-state index in [1.807, 2.05) is 80.7 Å². The van der Waals surface area contributed by atoms with E-state index < -0.39 is 11.8 Å². The Bertz CT molecular complexity index is 2090. The Morgan fingerprint density at radius 1 is 0.944 bits per heavy atom. The molecule has 2 aromatic carbocycles. The van der Waals surface area contributed by atoms with Crippen LogP contribution in [-0.4, -0.2) is 74.6 Å². The predicted octanol–water partition coefficient (Wildman–Crippen LogP) is 7.84. The fourth-order valence-electron chi connectivity index (χ4n) is 7.53. The number of hydrogen-bond acceptors (Lipinski definition) is 8. The van der Waals surface area contributed by atoms with Gasteiger partial charge in [-0.3, -0.25) is 9.72 Å². The lowest BCUT2D eigenvalue weighted by Crippen LogP contribution is -2.44. The lowest BCUT2D eigenvalue weighted by molar-refractivity contribution is 0.171. The van der Waals surface area contributed by atoms with Gasteiger partial charge < -0.3 is 24.6 Å². The SMILES string of the molecule is C[C@@H]1CCC[C@H](C)N1c1nnc2ccc(OC3CC[C@H](NC(=O)Nc4cc(C(C)(C)C)nn4-c4cc(OCCN(C)C)ccc4F)c4ccccc43)cn12. The number of nitrogens with zero attached hydrogens (tertiary/aromatic N) is 7. The van der Waals surface area contributed by atoms with Crippen molar-refractivity contribution in [1.82, 2.24) is 34.6 Å². The van der Waals surface area contributed by atoms with Crippen LogP contribution in [0.25, 0.3) is 11.3 Å². The zero-order chi connectivity index (χ0) is 38.1. The molecule has 1 saturated heterocycles. The highest BCUT2D eigenvalue weighted by Gasteiger charge is 2.32. The third-order valence-corrected chi connectivity index (χ3v) is 10.5. The molecule has 1 unspecified atom stereocenters. The van der Waals surface area contributed by atoms with Crippen LogP contribution in [0.15, 0.2) is 66.9 Å². The van der Waals surface area contributed by atoms with Gasteiger partial charge in [0.15, 0.2) is 5.65 Å². The minimum Gasteiger partial charge on any atom is -0.492 e. The van der Waals surface area contributed by atoms with Crippen molar-refractivity contribution in [2.75, 3.05) is 37.5 Å². The summed E-state index contributed by atoms with van der Waals surface area (Å²) in [6.45, 7) is 11.7. The number of halogens is 1. The Hall–Kier alpha value is -5.17. The van der Waals surface area contributed by atoms with Gasteiger partial charge in [-0.2, -0.15) is 5.10 Å². The number of benzene rings is 2. The topological polar surface area (TPSA) is 114 Å². The second-order valence-corrected chi connectivity index (χ2v) is 15.9. The number of carbonyl (C=O) groups excluding carboxylic acids is 1. The number of aromatic nitrogens is 5. The molecule has 2 N–H and O–H groups in total. The molecule has 4 atom stereocenters. The second kappa shape index (κ2) is 15.3. The molecule has 0 bridgehead atoms. The van der Waals surface area contributed by atoms with Crippen LogP contribution in [0.3, 0.4) is 0 Å². The Kier molecular flexibility index (Phi) is 10.5. The third-order valence-electron chi connectivity index (χ3n) is 10.5. The van der Waals surface area contributed by atoms with Crippen molar-refractivity contribution >= 4 is 23.4 Å². The van der Waals surface area contributed by atoms with Gasteiger partial charge in [-0.25, -0.2) is 13.9 Å². The molecular formula is C41H52FN9O3. The minimum absolute atomic E-state index is 0.183. The van der Waals surface area contributed by atoms with Crippen LogP contribution in [0.4, 0.5) is 21.0 Å². The van der Waals surface area contributed by atoms with Crippen molar-refractivity contribution in [3.63, 3.8) is 0 Å². The molecule has 54 heavy (non-hydrogen) atoms. The highest BCUT2D eigenvalue weighted by Crippen LogP contribution is 2.39. The second-order valence-electron chi connectivity index (χ2n) is 15.9. The summed E-state index contributed by atoms with van der Waals surface area (Å²) < 4.78 is 31.4. The molecule has 2 amide bonds. The maximum atomic E-state index is 15.4. The Morgan fingerprint density at radius 2 is 1.69 bits per heavy atom. The third kappa shape index (κ3) is 7.87. The highest BCUT2D eigenvalue weighted by molar-refractivity contribution is 5.89. The number of ether oxygens (including phenoxy) is 2. The van der Waals surface area contributed by atoms with Crippen LogP contribution < -0.4 is 25.0 Å².